The van der Waals surface area contributed by atoms with Crippen LogP contribution < -0.4 is 0 Å². The summed E-state index contributed by atoms with van der Waals surface area (Å²) >= 11 is 0. The van der Waals surface area contributed by atoms with Gasteiger partial charge in [0.2, 0.25) is 0 Å². The molecule has 1 N–H and O–H groups in total. The zero-order valence-corrected chi connectivity index (χ0v) is 8.46. The molecule has 0 amide bonds. The molecule has 0 saturated heterocycles. The second-order valence-corrected chi connectivity index (χ2v) is 3.68. The lowest BCUT2D eigenvalue weighted by Crippen LogP contribution is -2.13. The maximum Gasteiger partial charge on any atom is 0.0751 e. The molecule has 0 saturated carbocycles. The predicted octanol–water partition coefficient (Wildman–Crippen LogP) is 2.27. The Kier molecular flexibility index (Phi) is 5.09. The lowest BCUT2D eigenvalue weighted by atomic mass is 9.93. The summed E-state index contributed by atoms with van der Waals surface area (Å²) in [5.74, 6) is 0. The molecule has 0 aromatic rings. The summed E-state index contributed by atoms with van der Waals surface area (Å²) in [6.07, 6.45) is 8.57. The van der Waals surface area contributed by atoms with Crippen LogP contribution in [0.15, 0.2) is 11.6 Å². The Labute approximate surface area is 80.6 Å². The molecule has 0 fully saturated rings. The van der Waals surface area contributed by atoms with Crippen molar-refractivity contribution >= 4 is 0 Å². The molecule has 2 heteroatoms. The standard InChI is InChI=1S/C11H20O2/c1-13-9-5-8-11(12)10-6-3-2-4-7-10/h6,11-12H,2-5,7-9H2,1H3. The van der Waals surface area contributed by atoms with Gasteiger partial charge in [0.15, 0.2) is 0 Å². The van der Waals surface area contributed by atoms with Crippen molar-refractivity contribution in [2.45, 2.75) is 44.6 Å². The van der Waals surface area contributed by atoms with E-state index in [0.717, 1.165) is 32.3 Å². The minimum absolute atomic E-state index is 0.213. The van der Waals surface area contributed by atoms with E-state index in [1.54, 1.807) is 7.11 Å². The molecule has 1 atom stereocenters. The molecule has 0 aliphatic heterocycles. The second-order valence-electron chi connectivity index (χ2n) is 3.68. The van der Waals surface area contributed by atoms with Crippen LogP contribution in [0.2, 0.25) is 0 Å². The number of aliphatic hydroxyl groups excluding tert-OH is 1. The molecule has 1 unspecified atom stereocenters. The first-order valence-electron chi connectivity index (χ1n) is 5.20. The smallest absolute Gasteiger partial charge is 0.0751 e. The highest BCUT2D eigenvalue weighted by Gasteiger charge is 2.12. The molecule has 1 aliphatic rings. The van der Waals surface area contributed by atoms with Crippen LogP contribution in [0.3, 0.4) is 0 Å². The Hall–Kier alpha value is -0.340. The number of methoxy groups -OCH3 is 1. The maximum atomic E-state index is 9.78. The Balaban J connectivity index is 2.21. The first kappa shape index (κ1) is 10.7. The molecule has 0 aromatic heterocycles. The summed E-state index contributed by atoms with van der Waals surface area (Å²) in [6, 6.07) is 0. The fraction of sp³-hybridized carbons (Fsp3) is 0.818. The highest BCUT2D eigenvalue weighted by atomic mass is 16.5. The number of hydrogen-bond acceptors (Lipinski definition) is 2. The highest BCUT2D eigenvalue weighted by Crippen LogP contribution is 2.22. The van der Waals surface area contributed by atoms with Crippen molar-refractivity contribution < 1.29 is 9.84 Å². The van der Waals surface area contributed by atoms with Gasteiger partial charge in [-0.2, -0.15) is 0 Å². The van der Waals surface area contributed by atoms with Crippen molar-refractivity contribution in [1.29, 1.82) is 0 Å². The van der Waals surface area contributed by atoms with E-state index < -0.39 is 0 Å². The summed E-state index contributed by atoms with van der Waals surface area (Å²) in [7, 11) is 1.70. The second kappa shape index (κ2) is 6.17. The van der Waals surface area contributed by atoms with E-state index in [-0.39, 0.29) is 6.10 Å². The van der Waals surface area contributed by atoms with Crippen molar-refractivity contribution in [3.63, 3.8) is 0 Å². The number of allylic oxidation sites excluding steroid dienone is 1. The fourth-order valence-electron chi connectivity index (χ4n) is 1.77. The van der Waals surface area contributed by atoms with Crippen LogP contribution in [0.4, 0.5) is 0 Å². The van der Waals surface area contributed by atoms with E-state index in [2.05, 4.69) is 6.08 Å². The van der Waals surface area contributed by atoms with Gasteiger partial charge in [-0.15, -0.1) is 0 Å². The normalized spacial score (nSPS) is 19.7. The van der Waals surface area contributed by atoms with Crippen molar-refractivity contribution in [3.05, 3.63) is 11.6 Å². The SMILES string of the molecule is COCCCC(O)C1=CCCCC1. The van der Waals surface area contributed by atoms with Crippen LogP contribution in [0.25, 0.3) is 0 Å². The molecule has 0 heterocycles. The van der Waals surface area contributed by atoms with E-state index in [4.69, 9.17) is 4.74 Å². The molecule has 1 aliphatic carbocycles. The van der Waals surface area contributed by atoms with Gasteiger partial charge in [-0.1, -0.05) is 6.08 Å². The third kappa shape index (κ3) is 3.92. The predicted molar refractivity (Wildman–Crippen MR) is 53.7 cm³/mol. The van der Waals surface area contributed by atoms with Gasteiger partial charge in [0, 0.05) is 13.7 Å². The number of aliphatic hydroxyl groups is 1. The van der Waals surface area contributed by atoms with E-state index in [0.29, 0.717) is 0 Å². The number of ether oxygens (including phenoxy) is 1. The average molecular weight is 184 g/mol. The molecule has 0 aromatic carbocycles. The molecule has 0 spiro atoms. The van der Waals surface area contributed by atoms with Gasteiger partial charge in [0.05, 0.1) is 6.10 Å². The summed E-state index contributed by atoms with van der Waals surface area (Å²) in [5, 5.41) is 9.78. The molecular formula is C11H20O2. The van der Waals surface area contributed by atoms with Crippen LogP contribution in [0, 0.1) is 0 Å². The molecule has 13 heavy (non-hydrogen) atoms. The lowest BCUT2D eigenvalue weighted by molar-refractivity contribution is 0.152. The van der Waals surface area contributed by atoms with Gasteiger partial charge >= 0.3 is 0 Å². The quantitative estimate of drug-likeness (QED) is 0.524. The zero-order valence-electron chi connectivity index (χ0n) is 8.46. The van der Waals surface area contributed by atoms with Crippen molar-refractivity contribution in [1.82, 2.24) is 0 Å². The monoisotopic (exact) mass is 184 g/mol. The Bertz CT molecular complexity index is 163. The molecule has 76 valence electrons. The molecule has 0 bridgehead atoms. The van der Waals surface area contributed by atoms with E-state index in [9.17, 15) is 5.11 Å². The lowest BCUT2D eigenvalue weighted by Gasteiger charge is -2.18. The fourth-order valence-corrected chi connectivity index (χ4v) is 1.77. The average Bonchev–Trinajstić information content (AvgIpc) is 2.19. The molecular weight excluding hydrogens is 164 g/mol. The van der Waals surface area contributed by atoms with E-state index >= 15 is 0 Å². The third-order valence-corrected chi connectivity index (χ3v) is 2.58. The number of hydrogen-bond donors (Lipinski definition) is 1. The van der Waals surface area contributed by atoms with Crippen molar-refractivity contribution in [2.24, 2.45) is 0 Å². The number of rotatable bonds is 5. The Morgan fingerprint density at radius 1 is 1.54 bits per heavy atom. The van der Waals surface area contributed by atoms with Crippen LogP contribution >= 0.6 is 0 Å². The third-order valence-electron chi connectivity index (χ3n) is 2.58. The minimum Gasteiger partial charge on any atom is -0.389 e. The van der Waals surface area contributed by atoms with Gasteiger partial charge in [-0.25, -0.2) is 0 Å². The largest absolute Gasteiger partial charge is 0.389 e. The summed E-state index contributed by atoms with van der Waals surface area (Å²) in [6.45, 7) is 0.754. The molecule has 1 rings (SSSR count). The van der Waals surface area contributed by atoms with Crippen LogP contribution in [-0.2, 0) is 4.74 Å². The zero-order chi connectivity index (χ0) is 9.52. The van der Waals surface area contributed by atoms with E-state index in [1.165, 1.54) is 18.4 Å². The molecule has 0 radical (unpaired) electrons. The highest BCUT2D eigenvalue weighted by molar-refractivity contribution is 5.10. The van der Waals surface area contributed by atoms with Crippen LogP contribution in [0.1, 0.15) is 38.5 Å². The Morgan fingerprint density at radius 3 is 3.00 bits per heavy atom. The summed E-state index contributed by atoms with van der Waals surface area (Å²) in [5.41, 5.74) is 1.25. The van der Waals surface area contributed by atoms with Crippen LogP contribution in [0.5, 0.6) is 0 Å². The van der Waals surface area contributed by atoms with Gasteiger partial charge in [-0.05, 0) is 44.1 Å². The summed E-state index contributed by atoms with van der Waals surface area (Å²) < 4.78 is 4.95. The topological polar surface area (TPSA) is 29.5 Å². The van der Waals surface area contributed by atoms with Gasteiger partial charge in [-0.3, -0.25) is 0 Å². The first-order chi connectivity index (χ1) is 6.34. The van der Waals surface area contributed by atoms with Crippen LogP contribution in [-0.4, -0.2) is 24.9 Å². The van der Waals surface area contributed by atoms with Crippen molar-refractivity contribution in [3.8, 4) is 0 Å². The van der Waals surface area contributed by atoms with Gasteiger partial charge in [0.25, 0.3) is 0 Å². The minimum atomic E-state index is -0.213. The van der Waals surface area contributed by atoms with Crippen molar-refractivity contribution in [2.75, 3.05) is 13.7 Å². The molecule has 2 nitrogen and oxygen atoms in total. The van der Waals surface area contributed by atoms with Gasteiger partial charge in [0.1, 0.15) is 0 Å². The first-order valence-corrected chi connectivity index (χ1v) is 5.20. The van der Waals surface area contributed by atoms with Gasteiger partial charge < -0.3 is 9.84 Å². The van der Waals surface area contributed by atoms with E-state index in [1.807, 2.05) is 0 Å². The summed E-state index contributed by atoms with van der Waals surface area (Å²) in [4.78, 5) is 0. The maximum absolute atomic E-state index is 9.78. The Morgan fingerprint density at radius 2 is 2.38 bits per heavy atom.